The third-order valence-corrected chi connectivity index (χ3v) is 4.80. The lowest BCUT2D eigenvalue weighted by molar-refractivity contribution is 0.900. The number of unbranched alkanes of at least 4 members (excludes halogenated alkanes) is 1. The molecule has 0 aliphatic carbocycles. The largest absolute Gasteiger partial charge is 0.127 e. The normalized spacial score (nSPS) is 20.1. The highest BCUT2D eigenvalue weighted by molar-refractivity contribution is 7.97. The molecule has 0 amide bonds. The summed E-state index contributed by atoms with van der Waals surface area (Å²) in [6.07, 6.45) is 5.58. The molecule has 0 saturated carbocycles. The zero-order valence-electron chi connectivity index (χ0n) is 6.44. The van der Waals surface area contributed by atoms with Crippen LogP contribution in [0.25, 0.3) is 0 Å². The molecular formula is C8H16ClS+. The Labute approximate surface area is 71.7 Å². The van der Waals surface area contributed by atoms with Crippen LogP contribution in [-0.2, 0) is 10.9 Å². The van der Waals surface area contributed by atoms with E-state index in [4.69, 9.17) is 11.6 Å². The van der Waals surface area contributed by atoms with Gasteiger partial charge in [-0.15, -0.1) is 11.6 Å². The molecule has 1 heterocycles. The number of rotatable bonds is 4. The molecule has 1 fully saturated rings. The van der Waals surface area contributed by atoms with Crippen molar-refractivity contribution in [3.05, 3.63) is 0 Å². The first-order chi connectivity index (χ1) is 4.93. The summed E-state index contributed by atoms with van der Waals surface area (Å²) in [7, 11) is 0.813. The van der Waals surface area contributed by atoms with E-state index in [2.05, 4.69) is 0 Å². The molecule has 0 atom stereocenters. The summed E-state index contributed by atoms with van der Waals surface area (Å²) in [5, 5.41) is 0. The van der Waals surface area contributed by atoms with Gasteiger partial charge in [0, 0.05) is 5.88 Å². The van der Waals surface area contributed by atoms with Crippen LogP contribution in [0.5, 0.6) is 0 Å². The van der Waals surface area contributed by atoms with Gasteiger partial charge in [0.1, 0.15) is 17.3 Å². The fourth-order valence-electron chi connectivity index (χ4n) is 1.32. The van der Waals surface area contributed by atoms with Gasteiger partial charge in [-0.25, -0.2) is 0 Å². The van der Waals surface area contributed by atoms with Gasteiger partial charge in [0.2, 0.25) is 0 Å². The topological polar surface area (TPSA) is 0 Å². The average molecular weight is 180 g/mol. The van der Waals surface area contributed by atoms with Crippen LogP contribution in [0.4, 0.5) is 0 Å². The van der Waals surface area contributed by atoms with Crippen molar-refractivity contribution in [1.29, 1.82) is 0 Å². The summed E-state index contributed by atoms with van der Waals surface area (Å²) in [4.78, 5) is 0. The van der Waals surface area contributed by atoms with Crippen molar-refractivity contribution in [2.24, 2.45) is 0 Å². The van der Waals surface area contributed by atoms with E-state index in [1.54, 1.807) is 0 Å². The number of alkyl halides is 1. The molecule has 1 aliphatic rings. The lowest BCUT2D eigenvalue weighted by Crippen LogP contribution is -2.08. The summed E-state index contributed by atoms with van der Waals surface area (Å²) in [5.74, 6) is 5.36. The van der Waals surface area contributed by atoms with Crippen molar-refractivity contribution in [3.63, 3.8) is 0 Å². The van der Waals surface area contributed by atoms with Crippen molar-refractivity contribution >= 4 is 22.5 Å². The molecule has 0 unspecified atom stereocenters. The van der Waals surface area contributed by atoms with E-state index in [1.807, 2.05) is 0 Å². The van der Waals surface area contributed by atoms with Gasteiger partial charge in [-0.1, -0.05) is 0 Å². The molecule has 0 spiro atoms. The summed E-state index contributed by atoms with van der Waals surface area (Å²) >= 11 is 5.59. The van der Waals surface area contributed by atoms with Crippen LogP contribution in [0.1, 0.15) is 25.7 Å². The van der Waals surface area contributed by atoms with Crippen molar-refractivity contribution in [1.82, 2.24) is 0 Å². The quantitative estimate of drug-likeness (QED) is 0.353. The zero-order chi connectivity index (χ0) is 7.23. The predicted molar refractivity (Wildman–Crippen MR) is 51.2 cm³/mol. The maximum atomic E-state index is 5.59. The third-order valence-electron chi connectivity index (χ3n) is 1.93. The Morgan fingerprint density at radius 1 is 1.10 bits per heavy atom. The van der Waals surface area contributed by atoms with Crippen LogP contribution in [0.15, 0.2) is 0 Å². The average Bonchev–Trinajstić information content (AvgIpc) is 2.41. The second-order valence-corrected chi connectivity index (χ2v) is 5.66. The molecule has 0 aromatic rings. The van der Waals surface area contributed by atoms with Crippen molar-refractivity contribution in [2.45, 2.75) is 25.7 Å². The lowest BCUT2D eigenvalue weighted by atomic mass is 10.4. The highest BCUT2D eigenvalue weighted by Crippen LogP contribution is 2.14. The van der Waals surface area contributed by atoms with Gasteiger partial charge in [0.15, 0.2) is 0 Å². The second-order valence-electron chi connectivity index (χ2n) is 2.83. The molecule has 2 heteroatoms. The van der Waals surface area contributed by atoms with Gasteiger partial charge < -0.3 is 0 Å². The van der Waals surface area contributed by atoms with Crippen LogP contribution in [0.2, 0.25) is 0 Å². The molecule has 0 aromatic carbocycles. The van der Waals surface area contributed by atoms with Crippen LogP contribution < -0.4 is 0 Å². The molecule has 1 saturated heterocycles. The minimum atomic E-state index is 0.813. The number of hydrogen-bond acceptors (Lipinski definition) is 0. The Hall–Kier alpha value is 0.640. The van der Waals surface area contributed by atoms with E-state index in [9.17, 15) is 0 Å². The lowest BCUT2D eigenvalue weighted by Gasteiger charge is -1.97. The van der Waals surface area contributed by atoms with E-state index in [1.165, 1.54) is 42.9 Å². The molecule has 10 heavy (non-hydrogen) atoms. The molecule has 0 bridgehead atoms. The molecule has 1 aliphatic heterocycles. The molecule has 0 nitrogen and oxygen atoms in total. The van der Waals surface area contributed by atoms with E-state index < -0.39 is 0 Å². The minimum Gasteiger partial charge on any atom is -0.127 e. The molecule has 0 radical (unpaired) electrons. The van der Waals surface area contributed by atoms with Crippen LogP contribution in [-0.4, -0.2) is 23.1 Å². The molecule has 0 N–H and O–H groups in total. The van der Waals surface area contributed by atoms with Crippen LogP contribution in [0.3, 0.4) is 0 Å². The summed E-state index contributed by atoms with van der Waals surface area (Å²) in [5.41, 5.74) is 0. The highest BCUT2D eigenvalue weighted by atomic mass is 35.5. The van der Waals surface area contributed by atoms with Crippen molar-refractivity contribution < 1.29 is 0 Å². The van der Waals surface area contributed by atoms with Crippen LogP contribution in [0, 0.1) is 0 Å². The zero-order valence-corrected chi connectivity index (χ0v) is 8.02. The summed E-state index contributed by atoms with van der Waals surface area (Å²) in [6.45, 7) is 0. The van der Waals surface area contributed by atoms with E-state index >= 15 is 0 Å². The Balaban J connectivity index is 1.91. The smallest absolute Gasteiger partial charge is 0.108 e. The maximum Gasteiger partial charge on any atom is 0.108 e. The fourth-order valence-corrected chi connectivity index (χ4v) is 3.96. The highest BCUT2D eigenvalue weighted by Gasteiger charge is 2.22. The fraction of sp³-hybridized carbons (Fsp3) is 1.00. The van der Waals surface area contributed by atoms with Crippen molar-refractivity contribution in [2.75, 3.05) is 23.1 Å². The van der Waals surface area contributed by atoms with E-state index in [0.717, 1.165) is 16.8 Å². The predicted octanol–water partition coefficient (Wildman–Crippen LogP) is 2.42. The van der Waals surface area contributed by atoms with E-state index in [0.29, 0.717) is 0 Å². The number of halogens is 1. The van der Waals surface area contributed by atoms with Gasteiger partial charge in [0.05, 0.1) is 0 Å². The number of hydrogen-bond donors (Lipinski definition) is 0. The Kier molecular flexibility index (Phi) is 4.64. The minimum absolute atomic E-state index is 0.813. The van der Waals surface area contributed by atoms with Crippen LogP contribution >= 0.6 is 11.6 Å². The Morgan fingerprint density at radius 3 is 2.40 bits per heavy atom. The maximum absolute atomic E-state index is 5.59. The monoisotopic (exact) mass is 179 g/mol. The first-order valence-corrected chi connectivity index (χ1v) is 6.40. The van der Waals surface area contributed by atoms with E-state index in [-0.39, 0.29) is 0 Å². The second kappa shape index (κ2) is 5.31. The first-order valence-electron chi connectivity index (χ1n) is 4.13. The summed E-state index contributed by atoms with van der Waals surface area (Å²) < 4.78 is 0. The molecular weight excluding hydrogens is 164 g/mol. The van der Waals surface area contributed by atoms with Gasteiger partial charge >= 0.3 is 0 Å². The first kappa shape index (κ1) is 8.73. The molecule has 60 valence electrons. The van der Waals surface area contributed by atoms with Gasteiger partial charge in [-0.3, -0.25) is 0 Å². The molecule has 1 rings (SSSR count). The molecule has 0 aromatic heterocycles. The van der Waals surface area contributed by atoms with Gasteiger partial charge in [0.25, 0.3) is 0 Å². The summed E-state index contributed by atoms with van der Waals surface area (Å²) in [6, 6.07) is 0. The Morgan fingerprint density at radius 2 is 1.80 bits per heavy atom. The Bertz CT molecular complexity index is 79.3. The van der Waals surface area contributed by atoms with Crippen molar-refractivity contribution in [3.8, 4) is 0 Å². The van der Waals surface area contributed by atoms with Gasteiger partial charge in [-0.05, 0) is 36.6 Å². The SMILES string of the molecule is ClCCCC[S+]1CCCC1. The third kappa shape index (κ3) is 3.16. The standard InChI is InChI=1S/C8H16ClS/c9-5-1-2-6-10-7-3-4-8-10/h1-8H2/q+1. The van der Waals surface area contributed by atoms with Gasteiger partial charge in [-0.2, -0.15) is 0 Å².